The number of allylic oxidation sites excluding steroid dienone is 1. The summed E-state index contributed by atoms with van der Waals surface area (Å²) in [5, 5.41) is 12.8. The molecule has 0 fully saturated rings. The lowest BCUT2D eigenvalue weighted by molar-refractivity contribution is -0.105. The van der Waals surface area contributed by atoms with Crippen LogP contribution in [0, 0.1) is 0 Å². The molecule has 0 unspecified atom stereocenters. The first-order valence-electron chi connectivity index (χ1n) is 8.49. The summed E-state index contributed by atoms with van der Waals surface area (Å²) in [5.74, 6) is 0.0887. The Kier molecular flexibility index (Phi) is 9.60. The van der Waals surface area contributed by atoms with Gasteiger partial charge in [-0.1, -0.05) is 57.6 Å². The maximum absolute atomic E-state index is 10.6. The third-order valence-electron chi connectivity index (χ3n) is 3.91. The number of hydrogen-bond donors (Lipinski definition) is 2. The normalized spacial score (nSPS) is 11.3. The standard InChI is InChI=1S/C19H29NO3/c1-3-4-5-6-7-8-9-11-16(14-23-2)17-12-10-13-18(19(17)22)20-15-21/h10,12-15,22H,3-9,11H2,1-2H3,(H,20,21)/b16-14-. The number of anilines is 1. The number of amides is 1. The van der Waals surface area contributed by atoms with Gasteiger partial charge in [-0.25, -0.2) is 0 Å². The third kappa shape index (κ3) is 6.76. The Morgan fingerprint density at radius 3 is 2.52 bits per heavy atom. The summed E-state index contributed by atoms with van der Waals surface area (Å²) in [6.45, 7) is 2.22. The van der Waals surface area contributed by atoms with E-state index in [0.29, 0.717) is 17.7 Å². The zero-order chi connectivity index (χ0) is 16.9. The number of carbonyl (C=O) groups is 1. The molecule has 1 amide bonds. The lowest BCUT2D eigenvalue weighted by Gasteiger charge is -2.12. The topological polar surface area (TPSA) is 58.6 Å². The Morgan fingerprint density at radius 2 is 1.87 bits per heavy atom. The maximum Gasteiger partial charge on any atom is 0.211 e. The quantitative estimate of drug-likeness (QED) is 0.244. The summed E-state index contributed by atoms with van der Waals surface area (Å²) in [6.07, 6.45) is 11.8. The van der Waals surface area contributed by atoms with Crippen LogP contribution >= 0.6 is 0 Å². The van der Waals surface area contributed by atoms with Crippen molar-refractivity contribution in [1.29, 1.82) is 0 Å². The van der Waals surface area contributed by atoms with E-state index in [-0.39, 0.29) is 5.75 Å². The molecule has 1 rings (SSSR count). The molecule has 0 saturated heterocycles. The molecule has 128 valence electrons. The van der Waals surface area contributed by atoms with Gasteiger partial charge in [0, 0.05) is 5.56 Å². The fourth-order valence-corrected chi connectivity index (χ4v) is 2.65. The predicted molar refractivity (Wildman–Crippen MR) is 95.4 cm³/mol. The minimum atomic E-state index is 0.0887. The van der Waals surface area contributed by atoms with Crippen LogP contribution in [0.1, 0.15) is 63.9 Å². The Balaban J connectivity index is 2.60. The second kappa shape index (κ2) is 11.6. The number of phenolic OH excluding ortho intramolecular Hbond substituents is 1. The number of carbonyl (C=O) groups excluding carboxylic acids is 1. The lowest BCUT2D eigenvalue weighted by Crippen LogP contribution is -1.96. The first kappa shape index (κ1) is 19.1. The van der Waals surface area contributed by atoms with Gasteiger partial charge in [0.25, 0.3) is 0 Å². The average molecular weight is 319 g/mol. The van der Waals surface area contributed by atoms with Crippen molar-refractivity contribution in [3.05, 3.63) is 30.0 Å². The molecule has 1 aromatic carbocycles. The van der Waals surface area contributed by atoms with Crippen molar-refractivity contribution in [3.8, 4) is 5.75 Å². The molecular weight excluding hydrogens is 290 g/mol. The van der Waals surface area contributed by atoms with Gasteiger partial charge in [-0.2, -0.15) is 0 Å². The van der Waals surface area contributed by atoms with Crippen molar-refractivity contribution in [2.75, 3.05) is 12.4 Å². The van der Waals surface area contributed by atoms with E-state index in [9.17, 15) is 9.90 Å². The molecule has 2 N–H and O–H groups in total. The summed E-state index contributed by atoms with van der Waals surface area (Å²) in [5.41, 5.74) is 2.08. The van der Waals surface area contributed by atoms with Crippen LogP contribution < -0.4 is 5.32 Å². The highest BCUT2D eigenvalue weighted by molar-refractivity contribution is 5.81. The van der Waals surface area contributed by atoms with Gasteiger partial charge < -0.3 is 15.2 Å². The number of phenols is 1. The van der Waals surface area contributed by atoms with Crippen LogP contribution in [-0.4, -0.2) is 18.6 Å². The summed E-state index contributed by atoms with van der Waals surface area (Å²) < 4.78 is 5.16. The fourth-order valence-electron chi connectivity index (χ4n) is 2.65. The van der Waals surface area contributed by atoms with Crippen LogP contribution in [0.15, 0.2) is 24.5 Å². The van der Waals surface area contributed by atoms with Gasteiger partial charge in [0.05, 0.1) is 19.1 Å². The number of hydrogen-bond acceptors (Lipinski definition) is 3. The molecule has 4 nitrogen and oxygen atoms in total. The average Bonchev–Trinajstić information content (AvgIpc) is 2.55. The molecule has 0 atom stereocenters. The minimum absolute atomic E-state index is 0.0887. The highest BCUT2D eigenvalue weighted by Gasteiger charge is 2.11. The van der Waals surface area contributed by atoms with E-state index in [4.69, 9.17) is 4.74 Å². The Labute approximate surface area is 139 Å². The van der Waals surface area contributed by atoms with Gasteiger partial charge in [-0.05, 0) is 24.5 Å². The van der Waals surface area contributed by atoms with Crippen molar-refractivity contribution in [2.45, 2.75) is 58.3 Å². The number of methoxy groups -OCH3 is 1. The van der Waals surface area contributed by atoms with E-state index < -0.39 is 0 Å². The van der Waals surface area contributed by atoms with E-state index in [0.717, 1.165) is 18.4 Å². The number of aromatic hydroxyl groups is 1. The van der Waals surface area contributed by atoms with Crippen molar-refractivity contribution >= 4 is 17.7 Å². The molecule has 0 radical (unpaired) electrons. The highest BCUT2D eigenvalue weighted by Crippen LogP contribution is 2.34. The monoisotopic (exact) mass is 319 g/mol. The fraction of sp³-hybridized carbons (Fsp3) is 0.526. The second-order valence-electron chi connectivity index (χ2n) is 5.71. The van der Waals surface area contributed by atoms with E-state index in [1.165, 1.54) is 38.5 Å². The number of unbranched alkanes of at least 4 members (excludes halogenated alkanes) is 6. The van der Waals surface area contributed by atoms with Gasteiger partial charge in [0.15, 0.2) is 0 Å². The number of benzene rings is 1. The Bertz CT molecular complexity index is 497. The van der Waals surface area contributed by atoms with E-state index >= 15 is 0 Å². The lowest BCUT2D eigenvalue weighted by atomic mass is 9.98. The maximum atomic E-state index is 10.6. The first-order valence-corrected chi connectivity index (χ1v) is 8.49. The van der Waals surface area contributed by atoms with Crippen LogP contribution in [-0.2, 0) is 9.53 Å². The van der Waals surface area contributed by atoms with Crippen LogP contribution in [0.4, 0.5) is 5.69 Å². The molecule has 0 aliphatic rings. The zero-order valence-electron chi connectivity index (χ0n) is 14.3. The molecule has 0 heterocycles. The van der Waals surface area contributed by atoms with Crippen LogP contribution in [0.25, 0.3) is 5.57 Å². The molecule has 0 bridgehead atoms. The largest absolute Gasteiger partial charge is 0.505 e. The molecule has 0 aliphatic heterocycles. The predicted octanol–water partition coefficient (Wildman–Crippen LogP) is 5.09. The van der Waals surface area contributed by atoms with Gasteiger partial charge >= 0.3 is 0 Å². The highest BCUT2D eigenvalue weighted by atomic mass is 16.5. The summed E-state index contributed by atoms with van der Waals surface area (Å²) in [7, 11) is 1.61. The molecule has 4 heteroatoms. The molecule has 0 spiro atoms. The van der Waals surface area contributed by atoms with Crippen molar-refractivity contribution < 1.29 is 14.6 Å². The van der Waals surface area contributed by atoms with Crippen molar-refractivity contribution in [1.82, 2.24) is 0 Å². The molecule has 0 aliphatic carbocycles. The van der Waals surface area contributed by atoms with E-state index in [2.05, 4.69) is 12.2 Å². The van der Waals surface area contributed by atoms with Gasteiger partial charge in [0.1, 0.15) is 5.75 Å². The minimum Gasteiger partial charge on any atom is -0.505 e. The smallest absolute Gasteiger partial charge is 0.211 e. The van der Waals surface area contributed by atoms with Crippen LogP contribution in [0.5, 0.6) is 5.75 Å². The molecule has 0 saturated carbocycles. The molecule has 0 aromatic heterocycles. The van der Waals surface area contributed by atoms with E-state index in [1.807, 2.05) is 12.1 Å². The van der Waals surface area contributed by atoms with Crippen LogP contribution in [0.3, 0.4) is 0 Å². The Morgan fingerprint density at radius 1 is 1.17 bits per heavy atom. The van der Waals surface area contributed by atoms with Crippen molar-refractivity contribution in [3.63, 3.8) is 0 Å². The van der Waals surface area contributed by atoms with Gasteiger partial charge in [0.2, 0.25) is 6.41 Å². The van der Waals surface area contributed by atoms with Crippen molar-refractivity contribution in [2.24, 2.45) is 0 Å². The zero-order valence-corrected chi connectivity index (χ0v) is 14.3. The first-order chi connectivity index (χ1) is 11.2. The molecule has 23 heavy (non-hydrogen) atoms. The SMILES string of the molecule is CCCCCCCCC/C(=C/OC)c1cccc(NC=O)c1O. The number of rotatable bonds is 12. The van der Waals surface area contributed by atoms with Gasteiger partial charge in [-0.3, -0.25) is 4.79 Å². The number of nitrogens with one attached hydrogen (secondary N) is 1. The number of para-hydroxylation sites is 1. The summed E-state index contributed by atoms with van der Waals surface area (Å²) >= 11 is 0. The van der Waals surface area contributed by atoms with Gasteiger partial charge in [-0.15, -0.1) is 0 Å². The summed E-state index contributed by atoms with van der Waals surface area (Å²) in [6, 6.07) is 5.33. The number of ether oxygens (including phenoxy) is 1. The molecule has 1 aromatic rings. The third-order valence-corrected chi connectivity index (χ3v) is 3.91. The molecular formula is C19H29NO3. The second-order valence-corrected chi connectivity index (χ2v) is 5.71. The summed E-state index contributed by atoms with van der Waals surface area (Å²) in [4.78, 5) is 10.6. The van der Waals surface area contributed by atoms with E-state index in [1.54, 1.807) is 19.4 Å². The van der Waals surface area contributed by atoms with Crippen LogP contribution in [0.2, 0.25) is 0 Å². The Hall–Kier alpha value is -1.97.